The highest BCUT2D eigenvalue weighted by Crippen LogP contribution is 2.31. The molecule has 1 rings (SSSR count). The molecule has 116 valence electrons. The summed E-state index contributed by atoms with van der Waals surface area (Å²) in [6.07, 6.45) is -5.07. The molecule has 0 aliphatic carbocycles. The van der Waals surface area contributed by atoms with E-state index in [0.29, 0.717) is 6.92 Å². The first kappa shape index (κ1) is 16.9. The topological polar surface area (TPSA) is 69.6 Å². The molecule has 0 radical (unpaired) electrons. The van der Waals surface area contributed by atoms with Gasteiger partial charge in [-0.25, -0.2) is 9.59 Å². The van der Waals surface area contributed by atoms with E-state index in [9.17, 15) is 22.8 Å². The van der Waals surface area contributed by atoms with Crippen molar-refractivity contribution in [2.24, 2.45) is 0 Å². The van der Waals surface area contributed by atoms with E-state index in [1.165, 1.54) is 4.90 Å². The number of nitrogens with one attached hydrogen (secondary N) is 1. The van der Waals surface area contributed by atoms with Crippen LogP contribution < -0.4 is 5.32 Å². The Labute approximate surface area is 118 Å². The van der Waals surface area contributed by atoms with Gasteiger partial charge in [-0.2, -0.15) is 24.9 Å². The number of nitrogens with zero attached hydrogens (tertiary/aromatic N) is 1. The van der Waals surface area contributed by atoms with Gasteiger partial charge in [0.05, 0.1) is 0 Å². The number of carbonyl (C=O) groups excluding carboxylic acids is 1. The summed E-state index contributed by atoms with van der Waals surface area (Å²) < 4.78 is 38.5. The van der Waals surface area contributed by atoms with Crippen molar-refractivity contribution < 1.29 is 27.9 Å². The Bertz CT molecular complexity index is 395. The summed E-state index contributed by atoms with van der Waals surface area (Å²) in [7, 11) is 0. The van der Waals surface area contributed by atoms with Crippen LogP contribution in [-0.4, -0.2) is 57.3 Å². The second-order valence-electron chi connectivity index (χ2n) is 5.02. The zero-order valence-electron chi connectivity index (χ0n) is 11.3. The van der Waals surface area contributed by atoms with Crippen LogP contribution in [0, 0.1) is 0 Å². The summed E-state index contributed by atoms with van der Waals surface area (Å²) in [4.78, 5) is 24.0. The van der Waals surface area contributed by atoms with Gasteiger partial charge in [0, 0.05) is 23.6 Å². The number of aliphatic carboxylic acids is 1. The zero-order valence-corrected chi connectivity index (χ0v) is 12.1. The van der Waals surface area contributed by atoms with E-state index in [1.807, 2.05) is 13.8 Å². The standard InChI is InChI=1S/C11H17F3N2O3S/c1-6-4-16(5-7(2)20-6)9(19)15-10(3,8(17)18)11(12,13)14/h6-7H,4-5H2,1-3H3,(H,15,19)(H,17,18). The molecule has 20 heavy (non-hydrogen) atoms. The largest absolute Gasteiger partial charge is 0.479 e. The minimum absolute atomic E-state index is 0.0893. The van der Waals surface area contributed by atoms with Crippen LogP contribution in [0.5, 0.6) is 0 Å². The van der Waals surface area contributed by atoms with Gasteiger partial charge in [-0.3, -0.25) is 0 Å². The van der Waals surface area contributed by atoms with Gasteiger partial charge in [-0.15, -0.1) is 0 Å². The molecule has 3 atom stereocenters. The average Bonchev–Trinajstić information content (AvgIpc) is 2.25. The minimum Gasteiger partial charge on any atom is -0.479 e. The van der Waals surface area contributed by atoms with Crippen molar-refractivity contribution in [3.05, 3.63) is 0 Å². The number of amides is 2. The Kier molecular flexibility index (Phi) is 4.83. The summed E-state index contributed by atoms with van der Waals surface area (Å²) in [6.45, 7) is 4.74. The normalized spacial score (nSPS) is 26.8. The number of carbonyl (C=O) groups is 2. The number of hydrogen-bond donors (Lipinski definition) is 2. The van der Waals surface area contributed by atoms with Crippen molar-refractivity contribution in [3.63, 3.8) is 0 Å². The van der Waals surface area contributed by atoms with E-state index < -0.39 is 23.7 Å². The highest BCUT2D eigenvalue weighted by Gasteiger charge is 2.59. The Hall–Kier alpha value is -1.12. The zero-order chi connectivity index (χ0) is 15.7. The monoisotopic (exact) mass is 314 g/mol. The van der Waals surface area contributed by atoms with Crippen LogP contribution in [0.3, 0.4) is 0 Å². The maximum atomic E-state index is 12.8. The Balaban J connectivity index is 2.85. The fourth-order valence-corrected chi connectivity index (χ4v) is 3.21. The molecule has 9 heteroatoms. The molecule has 0 aromatic heterocycles. The molecule has 0 saturated carbocycles. The quantitative estimate of drug-likeness (QED) is 0.817. The first-order valence-electron chi connectivity index (χ1n) is 6.00. The van der Waals surface area contributed by atoms with Gasteiger partial charge in [0.25, 0.3) is 0 Å². The van der Waals surface area contributed by atoms with Crippen molar-refractivity contribution in [3.8, 4) is 0 Å². The molecule has 0 aromatic rings. The molecule has 1 aliphatic rings. The molecule has 1 saturated heterocycles. The van der Waals surface area contributed by atoms with Gasteiger partial charge < -0.3 is 15.3 Å². The summed E-state index contributed by atoms with van der Waals surface area (Å²) in [6, 6.07) is -1.01. The molecule has 5 nitrogen and oxygen atoms in total. The number of carboxylic acid groups (broad SMARTS) is 1. The van der Waals surface area contributed by atoms with E-state index >= 15 is 0 Å². The summed E-state index contributed by atoms with van der Waals surface area (Å²) >= 11 is 1.63. The molecule has 2 N–H and O–H groups in total. The average molecular weight is 314 g/mol. The lowest BCUT2D eigenvalue weighted by atomic mass is 10.0. The van der Waals surface area contributed by atoms with Gasteiger partial charge in [0.15, 0.2) is 0 Å². The number of carboxylic acids is 1. The van der Waals surface area contributed by atoms with Crippen molar-refractivity contribution in [1.29, 1.82) is 0 Å². The Morgan fingerprint density at radius 3 is 2.05 bits per heavy atom. The van der Waals surface area contributed by atoms with Gasteiger partial charge in [-0.05, 0) is 6.92 Å². The molecule has 1 fully saturated rings. The molecular formula is C11H17F3N2O3S. The van der Waals surface area contributed by atoms with Gasteiger partial charge in [0.2, 0.25) is 5.54 Å². The van der Waals surface area contributed by atoms with E-state index in [4.69, 9.17) is 5.11 Å². The number of hydrogen-bond acceptors (Lipinski definition) is 3. The predicted octanol–water partition coefficient (Wildman–Crippen LogP) is 1.93. The van der Waals surface area contributed by atoms with E-state index in [2.05, 4.69) is 0 Å². The van der Waals surface area contributed by atoms with E-state index in [-0.39, 0.29) is 23.6 Å². The first-order chi connectivity index (χ1) is 8.97. The number of thioether (sulfide) groups is 1. The molecule has 3 unspecified atom stereocenters. The van der Waals surface area contributed by atoms with Crippen LogP contribution in [0.15, 0.2) is 0 Å². The first-order valence-corrected chi connectivity index (χ1v) is 6.94. The third-order valence-electron chi connectivity index (χ3n) is 3.06. The number of halogens is 3. The lowest BCUT2D eigenvalue weighted by molar-refractivity contribution is -0.203. The van der Waals surface area contributed by atoms with Gasteiger partial charge in [0.1, 0.15) is 0 Å². The third kappa shape index (κ3) is 3.50. The fourth-order valence-electron chi connectivity index (χ4n) is 1.88. The van der Waals surface area contributed by atoms with Crippen LogP contribution in [0.1, 0.15) is 20.8 Å². The maximum Gasteiger partial charge on any atom is 0.422 e. The number of alkyl halides is 3. The van der Waals surface area contributed by atoms with Crippen molar-refractivity contribution in [2.45, 2.75) is 43.0 Å². The molecular weight excluding hydrogens is 297 g/mol. The second kappa shape index (κ2) is 5.71. The molecule has 0 spiro atoms. The van der Waals surface area contributed by atoms with Crippen molar-refractivity contribution in [1.82, 2.24) is 10.2 Å². The lowest BCUT2D eigenvalue weighted by Gasteiger charge is -2.37. The molecule has 2 amide bonds. The summed E-state index contributed by atoms with van der Waals surface area (Å²) in [5, 5.41) is 10.5. The van der Waals surface area contributed by atoms with E-state index in [0.717, 1.165) is 0 Å². The highest BCUT2D eigenvalue weighted by atomic mass is 32.2. The predicted molar refractivity (Wildman–Crippen MR) is 68.7 cm³/mol. The minimum atomic E-state index is -5.07. The summed E-state index contributed by atoms with van der Waals surface area (Å²) in [5.41, 5.74) is -3.29. The van der Waals surface area contributed by atoms with Crippen molar-refractivity contribution >= 4 is 23.8 Å². The molecule has 0 bridgehead atoms. The van der Waals surface area contributed by atoms with Crippen LogP contribution >= 0.6 is 11.8 Å². The SMILES string of the molecule is CC1CN(C(=O)NC(C)(C(=O)O)C(F)(F)F)CC(C)S1. The molecule has 0 aromatic carbocycles. The highest BCUT2D eigenvalue weighted by molar-refractivity contribution is 8.00. The van der Waals surface area contributed by atoms with Crippen molar-refractivity contribution in [2.75, 3.05) is 13.1 Å². The lowest BCUT2D eigenvalue weighted by Crippen LogP contribution is -2.65. The van der Waals surface area contributed by atoms with Gasteiger partial charge >= 0.3 is 18.2 Å². The van der Waals surface area contributed by atoms with Gasteiger partial charge in [-0.1, -0.05) is 13.8 Å². The molecule has 1 aliphatic heterocycles. The third-order valence-corrected chi connectivity index (χ3v) is 4.29. The second-order valence-corrected chi connectivity index (χ2v) is 6.90. The van der Waals surface area contributed by atoms with Crippen LogP contribution in [0.4, 0.5) is 18.0 Å². The number of rotatable bonds is 2. The van der Waals surface area contributed by atoms with E-state index in [1.54, 1.807) is 17.1 Å². The fraction of sp³-hybridized carbons (Fsp3) is 0.818. The Morgan fingerprint density at radius 1 is 1.25 bits per heavy atom. The smallest absolute Gasteiger partial charge is 0.422 e. The summed E-state index contributed by atoms with van der Waals surface area (Å²) in [5.74, 6) is -2.13. The molecule has 1 heterocycles. The van der Waals surface area contributed by atoms with Crippen LogP contribution in [-0.2, 0) is 4.79 Å². The van der Waals surface area contributed by atoms with Crippen LogP contribution in [0.25, 0.3) is 0 Å². The number of urea groups is 1. The maximum absolute atomic E-state index is 12.8. The Morgan fingerprint density at radius 2 is 1.70 bits per heavy atom. The van der Waals surface area contributed by atoms with Crippen LogP contribution in [0.2, 0.25) is 0 Å².